The number of ether oxygens (including phenoxy) is 1. The highest BCUT2D eigenvalue weighted by atomic mass is 32.2. The average Bonchev–Trinajstić information content (AvgIpc) is 3.44. The summed E-state index contributed by atoms with van der Waals surface area (Å²) in [4.78, 5) is 18.8. The van der Waals surface area contributed by atoms with Crippen LogP contribution in [0.2, 0.25) is 0 Å². The largest absolute Gasteiger partial charge is 0.467 e. The van der Waals surface area contributed by atoms with Crippen molar-refractivity contribution in [3.63, 3.8) is 0 Å². The van der Waals surface area contributed by atoms with E-state index in [2.05, 4.69) is 4.98 Å². The minimum absolute atomic E-state index is 0.000781. The standard InChI is InChI=1S/C28H27N3O5S/c32-27-19-36-28(20-30(27)18-24-4-2-16-35-24)11-14-31(15-12-28)37(33,34)25-9-7-21(8-10-25)23-6-5-22-3-1-13-29-26(22)17-23/h1-10,13,16-17H,11-12,14-15,18-20H2. The zero-order valence-electron chi connectivity index (χ0n) is 20.2. The Morgan fingerprint density at radius 3 is 2.49 bits per heavy atom. The number of nitrogens with zero attached hydrogens (tertiary/aromatic N) is 3. The fraction of sp³-hybridized carbons (Fsp3) is 0.286. The van der Waals surface area contributed by atoms with Gasteiger partial charge in [0.2, 0.25) is 15.9 Å². The molecule has 2 saturated heterocycles. The Kier molecular flexibility index (Phi) is 6.06. The molecule has 190 valence electrons. The van der Waals surface area contributed by atoms with Gasteiger partial charge in [0.15, 0.2) is 0 Å². The Balaban J connectivity index is 1.14. The molecule has 0 saturated carbocycles. The smallest absolute Gasteiger partial charge is 0.249 e. The summed E-state index contributed by atoms with van der Waals surface area (Å²) in [6.07, 6.45) is 4.40. The van der Waals surface area contributed by atoms with Crippen LogP contribution in [-0.2, 0) is 26.1 Å². The van der Waals surface area contributed by atoms with Gasteiger partial charge in [-0.05, 0) is 60.4 Å². The van der Waals surface area contributed by atoms with Gasteiger partial charge in [-0.1, -0.05) is 30.3 Å². The highest BCUT2D eigenvalue weighted by molar-refractivity contribution is 7.89. The molecular weight excluding hydrogens is 490 g/mol. The summed E-state index contributed by atoms with van der Waals surface area (Å²) in [7, 11) is -3.65. The van der Waals surface area contributed by atoms with Crippen molar-refractivity contribution in [1.29, 1.82) is 0 Å². The Hall–Kier alpha value is -3.53. The number of rotatable bonds is 5. The zero-order valence-corrected chi connectivity index (χ0v) is 21.1. The number of hydrogen-bond acceptors (Lipinski definition) is 6. The lowest BCUT2D eigenvalue weighted by atomic mass is 9.90. The van der Waals surface area contributed by atoms with E-state index in [9.17, 15) is 13.2 Å². The minimum atomic E-state index is -3.65. The number of amides is 1. The molecule has 0 aliphatic carbocycles. The number of aromatic nitrogens is 1. The van der Waals surface area contributed by atoms with Crippen LogP contribution in [-0.4, -0.2) is 60.4 Å². The monoisotopic (exact) mass is 517 g/mol. The van der Waals surface area contributed by atoms with E-state index in [1.54, 1.807) is 35.6 Å². The van der Waals surface area contributed by atoms with E-state index in [4.69, 9.17) is 9.15 Å². The first-order chi connectivity index (χ1) is 17.9. The summed E-state index contributed by atoms with van der Waals surface area (Å²) in [6, 6.07) is 20.6. The SMILES string of the molecule is O=C1COC2(CCN(S(=O)(=O)c3ccc(-c4ccc5cccnc5c4)cc3)CC2)CN1Cc1ccco1. The summed E-state index contributed by atoms with van der Waals surface area (Å²) < 4.78 is 39.7. The highest BCUT2D eigenvalue weighted by Gasteiger charge is 2.44. The van der Waals surface area contributed by atoms with E-state index in [1.807, 2.05) is 48.5 Å². The van der Waals surface area contributed by atoms with Crippen LogP contribution in [0.1, 0.15) is 18.6 Å². The molecule has 1 amide bonds. The first-order valence-corrected chi connectivity index (χ1v) is 13.8. The van der Waals surface area contributed by atoms with Crippen molar-refractivity contribution >= 4 is 26.8 Å². The number of pyridine rings is 1. The van der Waals surface area contributed by atoms with E-state index in [0.717, 1.165) is 22.0 Å². The van der Waals surface area contributed by atoms with Crippen molar-refractivity contribution in [3.8, 4) is 11.1 Å². The fourth-order valence-corrected chi connectivity index (χ4v) is 6.61. The summed E-state index contributed by atoms with van der Waals surface area (Å²) in [6.45, 7) is 1.49. The second kappa shape index (κ2) is 9.41. The third-order valence-electron chi connectivity index (χ3n) is 7.33. The molecule has 2 aromatic carbocycles. The molecule has 0 bridgehead atoms. The average molecular weight is 518 g/mol. The first kappa shape index (κ1) is 23.8. The van der Waals surface area contributed by atoms with Crippen molar-refractivity contribution < 1.29 is 22.4 Å². The number of furan rings is 1. The normalized spacial score (nSPS) is 18.5. The van der Waals surface area contributed by atoms with E-state index >= 15 is 0 Å². The Morgan fingerprint density at radius 1 is 0.946 bits per heavy atom. The molecule has 37 heavy (non-hydrogen) atoms. The molecule has 1 spiro atoms. The topological polar surface area (TPSA) is 92.9 Å². The van der Waals surface area contributed by atoms with Gasteiger partial charge in [-0.25, -0.2) is 8.42 Å². The van der Waals surface area contributed by atoms with Crippen molar-refractivity contribution in [3.05, 3.63) is 85.0 Å². The van der Waals surface area contributed by atoms with Gasteiger partial charge in [0.25, 0.3) is 0 Å². The molecule has 0 unspecified atom stereocenters. The lowest BCUT2D eigenvalue weighted by Crippen LogP contribution is -2.58. The predicted octanol–water partition coefficient (Wildman–Crippen LogP) is 4.08. The van der Waals surface area contributed by atoms with Crippen LogP contribution < -0.4 is 0 Å². The number of fused-ring (bicyclic) bond motifs is 1. The van der Waals surface area contributed by atoms with E-state index in [-0.39, 0.29) is 17.4 Å². The van der Waals surface area contributed by atoms with E-state index < -0.39 is 15.6 Å². The maximum Gasteiger partial charge on any atom is 0.249 e. The number of morpholine rings is 1. The molecule has 4 aromatic rings. The second-order valence-corrected chi connectivity index (χ2v) is 11.6. The molecule has 4 heterocycles. The molecule has 8 nitrogen and oxygen atoms in total. The molecular formula is C28H27N3O5S. The highest BCUT2D eigenvalue weighted by Crippen LogP contribution is 2.34. The van der Waals surface area contributed by atoms with Gasteiger partial charge in [0, 0.05) is 24.7 Å². The van der Waals surface area contributed by atoms with Crippen LogP contribution in [0.3, 0.4) is 0 Å². The van der Waals surface area contributed by atoms with Crippen LogP contribution in [0.5, 0.6) is 0 Å². The van der Waals surface area contributed by atoms with Crippen molar-refractivity contribution in [1.82, 2.24) is 14.2 Å². The predicted molar refractivity (Wildman–Crippen MR) is 138 cm³/mol. The van der Waals surface area contributed by atoms with Gasteiger partial charge in [-0.2, -0.15) is 4.31 Å². The molecule has 2 aliphatic heterocycles. The molecule has 9 heteroatoms. The number of hydrogen-bond donors (Lipinski definition) is 0. The van der Waals surface area contributed by atoms with Crippen LogP contribution in [0.25, 0.3) is 22.0 Å². The Morgan fingerprint density at radius 2 is 1.73 bits per heavy atom. The van der Waals surface area contributed by atoms with Crippen LogP contribution in [0, 0.1) is 0 Å². The van der Waals surface area contributed by atoms with Gasteiger partial charge in [0.05, 0.1) is 35.4 Å². The summed E-state index contributed by atoms with van der Waals surface area (Å²) in [5.74, 6) is 0.633. The molecule has 0 atom stereocenters. The maximum absolute atomic E-state index is 13.4. The quantitative estimate of drug-likeness (QED) is 0.396. The Bertz CT molecular complexity index is 1530. The summed E-state index contributed by atoms with van der Waals surface area (Å²) in [5, 5.41) is 1.06. The lowest BCUT2D eigenvalue weighted by molar-refractivity contribution is -0.171. The molecule has 2 aliphatic rings. The van der Waals surface area contributed by atoms with Crippen LogP contribution >= 0.6 is 0 Å². The van der Waals surface area contributed by atoms with Crippen molar-refractivity contribution in [2.45, 2.75) is 29.9 Å². The van der Waals surface area contributed by atoms with Crippen molar-refractivity contribution in [2.24, 2.45) is 0 Å². The molecule has 6 rings (SSSR count). The van der Waals surface area contributed by atoms with Gasteiger partial charge >= 0.3 is 0 Å². The van der Waals surface area contributed by atoms with Gasteiger partial charge in [-0.3, -0.25) is 9.78 Å². The lowest BCUT2D eigenvalue weighted by Gasteiger charge is -2.46. The maximum atomic E-state index is 13.4. The summed E-state index contributed by atoms with van der Waals surface area (Å²) in [5.41, 5.74) is 2.27. The zero-order chi connectivity index (χ0) is 25.5. The number of carbonyl (C=O) groups excluding carboxylic acids is 1. The number of benzene rings is 2. The molecule has 2 fully saturated rings. The van der Waals surface area contributed by atoms with Crippen molar-refractivity contribution in [2.75, 3.05) is 26.2 Å². The molecule has 2 aromatic heterocycles. The molecule has 0 N–H and O–H groups in total. The van der Waals surface area contributed by atoms with Crippen LogP contribution in [0.15, 0.2) is 88.5 Å². The van der Waals surface area contributed by atoms with Gasteiger partial charge in [0.1, 0.15) is 12.4 Å². The fourth-order valence-electron chi connectivity index (χ4n) is 5.17. The second-order valence-electron chi connectivity index (χ2n) is 9.64. The van der Waals surface area contributed by atoms with E-state index in [1.165, 1.54) is 4.31 Å². The number of carbonyl (C=O) groups is 1. The molecule has 0 radical (unpaired) electrons. The number of piperidine rings is 1. The third-order valence-corrected chi connectivity index (χ3v) is 9.24. The minimum Gasteiger partial charge on any atom is -0.467 e. The van der Waals surface area contributed by atoms with Gasteiger partial charge in [-0.15, -0.1) is 0 Å². The summed E-state index contributed by atoms with van der Waals surface area (Å²) >= 11 is 0. The van der Waals surface area contributed by atoms with Crippen LogP contribution in [0.4, 0.5) is 0 Å². The Labute approximate surface area is 215 Å². The first-order valence-electron chi connectivity index (χ1n) is 12.3. The number of sulfonamides is 1. The van der Waals surface area contributed by atoms with Gasteiger partial charge < -0.3 is 14.1 Å². The third kappa shape index (κ3) is 4.66. The van der Waals surface area contributed by atoms with E-state index in [0.29, 0.717) is 44.8 Å².